The number of carbonyl (C=O) groups is 1. The Balaban J connectivity index is 2.11. The van der Waals surface area contributed by atoms with Crippen molar-refractivity contribution in [2.75, 3.05) is 5.32 Å². The highest BCUT2D eigenvalue weighted by molar-refractivity contribution is 5.93. The lowest BCUT2D eigenvalue weighted by atomic mass is 10.0. The van der Waals surface area contributed by atoms with Crippen LogP contribution in [-0.2, 0) is 17.8 Å². The Bertz CT molecular complexity index is 624. The van der Waals surface area contributed by atoms with Gasteiger partial charge in [-0.2, -0.15) is 0 Å². The van der Waals surface area contributed by atoms with E-state index in [9.17, 15) is 9.90 Å². The zero-order chi connectivity index (χ0) is 14.5. The number of aromatic nitrogens is 1. The van der Waals surface area contributed by atoms with Gasteiger partial charge in [-0.1, -0.05) is 23.8 Å². The Morgan fingerprint density at radius 1 is 1.25 bits per heavy atom. The maximum Gasteiger partial charge on any atom is 0.228 e. The molecule has 1 amide bonds. The summed E-state index contributed by atoms with van der Waals surface area (Å²) in [6, 6.07) is 7.75. The second kappa shape index (κ2) is 6.30. The molecule has 1 heterocycles. The number of nitrogens with one attached hydrogen (secondary N) is 1. The number of rotatable bonds is 4. The van der Waals surface area contributed by atoms with E-state index in [1.807, 2.05) is 32.0 Å². The molecular weight excluding hydrogens is 252 g/mol. The average molecular weight is 270 g/mol. The van der Waals surface area contributed by atoms with Gasteiger partial charge in [0.05, 0.1) is 24.9 Å². The Morgan fingerprint density at radius 3 is 2.80 bits per heavy atom. The molecule has 0 atom stereocenters. The number of benzene rings is 1. The first kappa shape index (κ1) is 14.2. The summed E-state index contributed by atoms with van der Waals surface area (Å²) in [5.74, 6) is -0.110. The molecule has 0 aliphatic carbocycles. The summed E-state index contributed by atoms with van der Waals surface area (Å²) < 4.78 is 0. The normalized spacial score (nSPS) is 10.3. The van der Waals surface area contributed by atoms with Crippen LogP contribution in [0.4, 0.5) is 5.69 Å². The third-order valence-corrected chi connectivity index (χ3v) is 3.21. The molecule has 104 valence electrons. The monoisotopic (exact) mass is 270 g/mol. The Labute approximate surface area is 118 Å². The number of nitrogens with zero attached hydrogens (tertiary/aromatic N) is 1. The zero-order valence-corrected chi connectivity index (χ0v) is 11.7. The quantitative estimate of drug-likeness (QED) is 0.896. The summed E-state index contributed by atoms with van der Waals surface area (Å²) in [4.78, 5) is 16.1. The second-order valence-electron chi connectivity index (χ2n) is 4.85. The number of amides is 1. The van der Waals surface area contributed by atoms with Crippen LogP contribution < -0.4 is 5.32 Å². The van der Waals surface area contributed by atoms with Gasteiger partial charge in [0.1, 0.15) is 0 Å². The fraction of sp³-hybridized carbons (Fsp3) is 0.250. The van der Waals surface area contributed by atoms with Crippen molar-refractivity contribution in [1.82, 2.24) is 4.98 Å². The van der Waals surface area contributed by atoms with Gasteiger partial charge in [-0.05, 0) is 31.0 Å². The van der Waals surface area contributed by atoms with E-state index < -0.39 is 0 Å². The minimum absolute atomic E-state index is 0.110. The van der Waals surface area contributed by atoms with E-state index >= 15 is 0 Å². The van der Waals surface area contributed by atoms with Gasteiger partial charge in [0.25, 0.3) is 0 Å². The van der Waals surface area contributed by atoms with Gasteiger partial charge in [-0.3, -0.25) is 9.78 Å². The molecule has 0 saturated carbocycles. The summed E-state index contributed by atoms with van der Waals surface area (Å²) in [5, 5.41) is 12.0. The Kier molecular flexibility index (Phi) is 4.48. The third kappa shape index (κ3) is 3.42. The zero-order valence-electron chi connectivity index (χ0n) is 11.7. The van der Waals surface area contributed by atoms with E-state index in [0.717, 1.165) is 16.7 Å². The Hall–Kier alpha value is -2.20. The number of aliphatic hydroxyl groups excluding tert-OH is 1. The van der Waals surface area contributed by atoms with Crippen LogP contribution in [0.3, 0.4) is 0 Å². The first-order valence-corrected chi connectivity index (χ1v) is 6.50. The summed E-state index contributed by atoms with van der Waals surface area (Å²) in [7, 11) is 0. The van der Waals surface area contributed by atoms with Gasteiger partial charge in [0.15, 0.2) is 0 Å². The van der Waals surface area contributed by atoms with Crippen molar-refractivity contribution in [3.63, 3.8) is 0 Å². The molecule has 1 aromatic heterocycles. The number of hydrogen-bond acceptors (Lipinski definition) is 3. The molecule has 4 nitrogen and oxygen atoms in total. The largest absolute Gasteiger partial charge is 0.392 e. The maximum absolute atomic E-state index is 12.1. The van der Waals surface area contributed by atoms with Crippen LogP contribution in [0.1, 0.15) is 22.3 Å². The number of anilines is 1. The molecule has 0 radical (unpaired) electrons. The van der Waals surface area contributed by atoms with E-state index in [0.29, 0.717) is 17.7 Å². The van der Waals surface area contributed by atoms with E-state index in [2.05, 4.69) is 10.3 Å². The smallest absolute Gasteiger partial charge is 0.228 e. The minimum atomic E-state index is -0.123. The minimum Gasteiger partial charge on any atom is -0.392 e. The van der Waals surface area contributed by atoms with E-state index in [1.165, 1.54) is 0 Å². The lowest BCUT2D eigenvalue weighted by Crippen LogP contribution is -2.16. The number of aliphatic hydroxyl groups is 1. The molecule has 2 rings (SSSR count). The first-order chi connectivity index (χ1) is 9.60. The third-order valence-electron chi connectivity index (χ3n) is 3.21. The van der Waals surface area contributed by atoms with Crippen molar-refractivity contribution in [3.05, 3.63) is 58.9 Å². The predicted octanol–water partition coefficient (Wildman–Crippen LogP) is 2.37. The number of carbonyl (C=O) groups excluding carboxylic acids is 1. The van der Waals surface area contributed by atoms with Crippen LogP contribution in [0.5, 0.6) is 0 Å². The van der Waals surface area contributed by atoms with Gasteiger partial charge in [-0.25, -0.2) is 0 Å². The molecule has 0 bridgehead atoms. The highest BCUT2D eigenvalue weighted by atomic mass is 16.3. The van der Waals surface area contributed by atoms with Crippen molar-refractivity contribution in [1.29, 1.82) is 0 Å². The topological polar surface area (TPSA) is 62.2 Å². The highest BCUT2D eigenvalue weighted by Gasteiger charge is 2.09. The van der Waals surface area contributed by atoms with Gasteiger partial charge in [-0.15, -0.1) is 0 Å². The maximum atomic E-state index is 12.1. The van der Waals surface area contributed by atoms with Crippen molar-refractivity contribution >= 4 is 11.6 Å². The number of aryl methyl sites for hydroxylation is 2. The lowest BCUT2D eigenvalue weighted by molar-refractivity contribution is -0.115. The highest BCUT2D eigenvalue weighted by Crippen LogP contribution is 2.15. The molecular formula is C16H18N2O2. The number of pyridine rings is 1. The second-order valence-corrected chi connectivity index (χ2v) is 4.85. The SMILES string of the molecule is Cc1ccc(C)c(CC(=O)Nc2cnccc2CO)c1. The van der Waals surface area contributed by atoms with Crippen LogP contribution in [0, 0.1) is 13.8 Å². The summed E-state index contributed by atoms with van der Waals surface area (Å²) >= 11 is 0. The lowest BCUT2D eigenvalue weighted by Gasteiger charge is -2.10. The molecule has 0 fully saturated rings. The fourth-order valence-corrected chi connectivity index (χ4v) is 2.03. The molecule has 0 unspecified atom stereocenters. The molecule has 0 aliphatic rings. The fourth-order valence-electron chi connectivity index (χ4n) is 2.03. The van der Waals surface area contributed by atoms with Gasteiger partial charge in [0, 0.05) is 11.8 Å². The standard InChI is InChI=1S/C16H18N2O2/c1-11-3-4-12(2)14(7-11)8-16(20)18-15-9-17-6-5-13(15)10-19/h3-7,9,19H,8,10H2,1-2H3,(H,18,20). The summed E-state index contributed by atoms with van der Waals surface area (Å²) in [6.45, 7) is 3.87. The summed E-state index contributed by atoms with van der Waals surface area (Å²) in [6.07, 6.45) is 3.45. The summed E-state index contributed by atoms with van der Waals surface area (Å²) in [5.41, 5.74) is 4.46. The number of hydrogen-bond donors (Lipinski definition) is 2. The van der Waals surface area contributed by atoms with Crippen molar-refractivity contribution in [2.45, 2.75) is 26.9 Å². The Morgan fingerprint density at radius 2 is 2.05 bits per heavy atom. The van der Waals surface area contributed by atoms with Crippen LogP contribution in [-0.4, -0.2) is 16.0 Å². The van der Waals surface area contributed by atoms with Gasteiger partial charge < -0.3 is 10.4 Å². The van der Waals surface area contributed by atoms with Gasteiger partial charge >= 0.3 is 0 Å². The first-order valence-electron chi connectivity index (χ1n) is 6.50. The van der Waals surface area contributed by atoms with Crippen LogP contribution in [0.15, 0.2) is 36.7 Å². The van der Waals surface area contributed by atoms with Crippen LogP contribution in [0.2, 0.25) is 0 Å². The van der Waals surface area contributed by atoms with E-state index in [-0.39, 0.29) is 12.5 Å². The van der Waals surface area contributed by atoms with Crippen molar-refractivity contribution in [2.24, 2.45) is 0 Å². The van der Waals surface area contributed by atoms with Crippen molar-refractivity contribution in [3.8, 4) is 0 Å². The van der Waals surface area contributed by atoms with Crippen molar-refractivity contribution < 1.29 is 9.90 Å². The van der Waals surface area contributed by atoms with Gasteiger partial charge in [0.2, 0.25) is 5.91 Å². The predicted molar refractivity (Wildman–Crippen MR) is 78.4 cm³/mol. The molecule has 2 N–H and O–H groups in total. The molecule has 4 heteroatoms. The van der Waals surface area contributed by atoms with Crippen LogP contribution in [0.25, 0.3) is 0 Å². The van der Waals surface area contributed by atoms with Crippen LogP contribution >= 0.6 is 0 Å². The molecule has 0 aliphatic heterocycles. The molecule has 20 heavy (non-hydrogen) atoms. The average Bonchev–Trinajstić information content (AvgIpc) is 2.43. The molecule has 0 saturated heterocycles. The molecule has 2 aromatic rings. The van der Waals surface area contributed by atoms with E-state index in [1.54, 1.807) is 18.5 Å². The molecule has 0 spiro atoms. The molecule has 1 aromatic carbocycles. The van der Waals surface area contributed by atoms with E-state index in [4.69, 9.17) is 0 Å².